The summed E-state index contributed by atoms with van der Waals surface area (Å²) >= 11 is 17.0. The molecule has 0 radical (unpaired) electrons. The van der Waals surface area contributed by atoms with Crippen molar-refractivity contribution < 1.29 is 4.92 Å². The zero-order valence-corrected chi connectivity index (χ0v) is 13.7. The fourth-order valence-electron chi connectivity index (χ4n) is 1.87. The molecule has 2 N–H and O–H groups in total. The van der Waals surface area contributed by atoms with Crippen molar-refractivity contribution in [2.24, 2.45) is 0 Å². The van der Waals surface area contributed by atoms with Gasteiger partial charge in [0.1, 0.15) is 0 Å². The molecule has 8 heteroatoms. The first-order valence-electron chi connectivity index (χ1n) is 6.15. The first-order chi connectivity index (χ1) is 10.4. The van der Waals surface area contributed by atoms with Crippen LogP contribution in [-0.2, 0) is 0 Å². The van der Waals surface area contributed by atoms with Gasteiger partial charge in [0.2, 0.25) is 0 Å². The normalized spacial score (nSPS) is 10.1. The third kappa shape index (κ3) is 4.07. The SMILES string of the molecule is Cc1c(NC(=S)Nc2cc(Cl)cc(Cl)c2)cccc1[N+](=O)[O-]. The summed E-state index contributed by atoms with van der Waals surface area (Å²) in [4.78, 5) is 10.5. The van der Waals surface area contributed by atoms with Crippen LogP contribution < -0.4 is 10.6 Å². The van der Waals surface area contributed by atoms with Crippen LogP contribution in [0.25, 0.3) is 0 Å². The highest BCUT2D eigenvalue weighted by Gasteiger charge is 2.13. The van der Waals surface area contributed by atoms with E-state index in [9.17, 15) is 10.1 Å². The van der Waals surface area contributed by atoms with E-state index >= 15 is 0 Å². The molecule has 2 aromatic carbocycles. The summed E-state index contributed by atoms with van der Waals surface area (Å²) in [5, 5.41) is 18.0. The number of thiocarbonyl (C=S) groups is 1. The Bertz CT molecular complexity index is 733. The van der Waals surface area contributed by atoms with Crippen LogP contribution in [0.1, 0.15) is 5.56 Å². The van der Waals surface area contributed by atoms with Crippen molar-refractivity contribution >= 4 is 57.6 Å². The van der Waals surface area contributed by atoms with E-state index in [0.717, 1.165) is 0 Å². The highest BCUT2D eigenvalue weighted by molar-refractivity contribution is 7.80. The summed E-state index contributed by atoms with van der Waals surface area (Å²) in [6.45, 7) is 1.65. The number of hydrogen-bond donors (Lipinski definition) is 2. The van der Waals surface area contributed by atoms with Crippen LogP contribution >= 0.6 is 35.4 Å². The molecule has 22 heavy (non-hydrogen) atoms. The number of nitro groups is 1. The smallest absolute Gasteiger partial charge is 0.274 e. The molecule has 0 spiro atoms. The van der Waals surface area contributed by atoms with Crippen LogP contribution in [0.5, 0.6) is 0 Å². The van der Waals surface area contributed by atoms with Gasteiger partial charge in [-0.05, 0) is 43.4 Å². The quantitative estimate of drug-likeness (QED) is 0.459. The zero-order valence-electron chi connectivity index (χ0n) is 11.4. The van der Waals surface area contributed by atoms with Crippen molar-refractivity contribution in [3.05, 3.63) is 62.1 Å². The van der Waals surface area contributed by atoms with Crippen molar-refractivity contribution in [3.8, 4) is 0 Å². The molecule has 0 saturated heterocycles. The summed E-state index contributed by atoms with van der Waals surface area (Å²) in [6.07, 6.45) is 0. The number of nitrogens with one attached hydrogen (secondary N) is 2. The van der Waals surface area contributed by atoms with Gasteiger partial charge in [0.05, 0.1) is 16.2 Å². The fraction of sp³-hybridized carbons (Fsp3) is 0.0714. The molecule has 0 fully saturated rings. The summed E-state index contributed by atoms with van der Waals surface area (Å²) in [5.74, 6) is 0. The van der Waals surface area contributed by atoms with Gasteiger partial charge in [0.15, 0.2) is 5.11 Å². The van der Waals surface area contributed by atoms with Gasteiger partial charge in [-0.25, -0.2) is 0 Å². The third-order valence-corrected chi connectivity index (χ3v) is 3.51. The molecule has 0 amide bonds. The van der Waals surface area contributed by atoms with Crippen LogP contribution in [0.3, 0.4) is 0 Å². The van der Waals surface area contributed by atoms with Crippen LogP contribution in [0, 0.1) is 17.0 Å². The fourth-order valence-corrected chi connectivity index (χ4v) is 2.62. The van der Waals surface area contributed by atoms with Crippen molar-refractivity contribution in [2.75, 3.05) is 10.6 Å². The molecular weight excluding hydrogens is 345 g/mol. The molecule has 2 rings (SSSR count). The lowest BCUT2D eigenvalue weighted by atomic mass is 10.1. The first-order valence-corrected chi connectivity index (χ1v) is 7.31. The summed E-state index contributed by atoms with van der Waals surface area (Å²) in [5.41, 5.74) is 1.71. The van der Waals surface area contributed by atoms with Crippen molar-refractivity contribution in [2.45, 2.75) is 6.92 Å². The number of hydrogen-bond acceptors (Lipinski definition) is 3. The van der Waals surface area contributed by atoms with Crippen LogP contribution in [0.2, 0.25) is 10.0 Å². The molecule has 0 heterocycles. The van der Waals surface area contributed by atoms with Gasteiger partial charge in [0.25, 0.3) is 5.69 Å². The van der Waals surface area contributed by atoms with Gasteiger partial charge < -0.3 is 10.6 Å². The second kappa shape index (κ2) is 6.91. The molecule has 0 unspecified atom stereocenters. The molecular formula is C14H11Cl2N3O2S. The minimum absolute atomic E-state index is 0.0265. The summed E-state index contributed by atoms with van der Waals surface area (Å²) in [7, 11) is 0. The molecule has 0 atom stereocenters. The van der Waals surface area contributed by atoms with Gasteiger partial charge >= 0.3 is 0 Å². The minimum Gasteiger partial charge on any atom is -0.332 e. The first kappa shape index (κ1) is 16.5. The highest BCUT2D eigenvalue weighted by Crippen LogP contribution is 2.26. The van der Waals surface area contributed by atoms with E-state index < -0.39 is 4.92 Å². The molecule has 2 aromatic rings. The highest BCUT2D eigenvalue weighted by atomic mass is 35.5. The average molecular weight is 356 g/mol. The van der Waals surface area contributed by atoms with E-state index in [4.69, 9.17) is 35.4 Å². The molecule has 0 saturated carbocycles. The zero-order chi connectivity index (χ0) is 16.3. The predicted molar refractivity (Wildman–Crippen MR) is 94.1 cm³/mol. The van der Waals surface area contributed by atoms with Crippen LogP contribution in [0.15, 0.2) is 36.4 Å². The molecule has 5 nitrogen and oxygen atoms in total. The molecule has 0 bridgehead atoms. The second-order valence-corrected chi connectivity index (χ2v) is 5.73. The van der Waals surface area contributed by atoms with Gasteiger partial charge in [-0.15, -0.1) is 0 Å². The van der Waals surface area contributed by atoms with Crippen LogP contribution in [0.4, 0.5) is 17.1 Å². The molecule has 0 aliphatic rings. The summed E-state index contributed by atoms with van der Waals surface area (Å²) < 4.78 is 0. The molecule has 0 aromatic heterocycles. The van der Waals surface area contributed by atoms with Gasteiger partial charge in [-0.1, -0.05) is 29.3 Å². The monoisotopic (exact) mass is 355 g/mol. The maximum Gasteiger partial charge on any atom is 0.274 e. The number of benzene rings is 2. The number of nitro benzene ring substituents is 1. The van der Waals surface area contributed by atoms with E-state index in [1.54, 1.807) is 37.3 Å². The van der Waals surface area contributed by atoms with Gasteiger partial charge in [0, 0.05) is 21.8 Å². The maximum absolute atomic E-state index is 10.9. The van der Waals surface area contributed by atoms with E-state index in [1.165, 1.54) is 6.07 Å². The Hall–Kier alpha value is -1.89. The Labute approximate surface area is 142 Å². The van der Waals surface area contributed by atoms with Gasteiger partial charge in [-0.3, -0.25) is 10.1 Å². The van der Waals surface area contributed by atoms with Crippen molar-refractivity contribution in [3.63, 3.8) is 0 Å². The van der Waals surface area contributed by atoms with Crippen molar-refractivity contribution in [1.29, 1.82) is 0 Å². The minimum atomic E-state index is -0.437. The number of nitrogens with zero attached hydrogens (tertiary/aromatic N) is 1. The predicted octanol–water partition coefficient (Wildman–Crippen LogP) is 5.02. The lowest BCUT2D eigenvalue weighted by Gasteiger charge is -2.13. The topological polar surface area (TPSA) is 67.2 Å². The Morgan fingerprint density at radius 2 is 1.82 bits per heavy atom. The van der Waals surface area contributed by atoms with E-state index in [-0.39, 0.29) is 10.8 Å². The van der Waals surface area contributed by atoms with Gasteiger partial charge in [-0.2, -0.15) is 0 Å². The maximum atomic E-state index is 10.9. The lowest BCUT2D eigenvalue weighted by Crippen LogP contribution is -2.19. The number of rotatable bonds is 3. The van der Waals surface area contributed by atoms with E-state index in [2.05, 4.69) is 10.6 Å². The molecule has 0 aliphatic carbocycles. The summed E-state index contributed by atoms with van der Waals surface area (Å²) in [6, 6.07) is 9.68. The van der Waals surface area contributed by atoms with E-state index in [0.29, 0.717) is 27.0 Å². The third-order valence-electron chi connectivity index (χ3n) is 2.87. The van der Waals surface area contributed by atoms with E-state index in [1.807, 2.05) is 0 Å². The Morgan fingerprint density at radius 1 is 1.18 bits per heavy atom. The number of anilines is 2. The Balaban J connectivity index is 2.16. The Morgan fingerprint density at radius 3 is 2.41 bits per heavy atom. The number of halogens is 2. The average Bonchev–Trinajstić information content (AvgIpc) is 2.39. The standard InChI is InChI=1S/C14H11Cl2N3O2S/c1-8-12(3-2-4-13(8)19(20)21)18-14(22)17-11-6-9(15)5-10(16)7-11/h2-7H,1H3,(H2,17,18,22). The lowest BCUT2D eigenvalue weighted by molar-refractivity contribution is -0.385. The molecule has 0 aliphatic heterocycles. The van der Waals surface area contributed by atoms with Crippen molar-refractivity contribution in [1.82, 2.24) is 0 Å². The molecule has 114 valence electrons. The second-order valence-electron chi connectivity index (χ2n) is 4.44. The Kier molecular flexibility index (Phi) is 5.18. The largest absolute Gasteiger partial charge is 0.332 e. The van der Waals surface area contributed by atoms with Crippen LogP contribution in [-0.4, -0.2) is 10.0 Å².